The summed E-state index contributed by atoms with van der Waals surface area (Å²) in [7, 11) is 0. The fourth-order valence-corrected chi connectivity index (χ4v) is 4.16. The smallest absolute Gasteiger partial charge is 0.237 e. The maximum Gasteiger partial charge on any atom is 0.237 e. The summed E-state index contributed by atoms with van der Waals surface area (Å²) in [4.78, 5) is 12.5. The van der Waals surface area contributed by atoms with Crippen molar-refractivity contribution in [3.8, 4) is 0 Å². The largest absolute Gasteiger partial charge is 0.336 e. The molecule has 1 aliphatic carbocycles. The van der Waals surface area contributed by atoms with Crippen LogP contribution in [0.25, 0.3) is 0 Å². The quantitative estimate of drug-likeness (QED) is 0.557. The van der Waals surface area contributed by atoms with Gasteiger partial charge in [-0.1, -0.05) is 54.2 Å². The van der Waals surface area contributed by atoms with Crippen LogP contribution in [-0.2, 0) is 4.79 Å². The van der Waals surface area contributed by atoms with Gasteiger partial charge in [0.15, 0.2) is 5.82 Å². The molecule has 9 heteroatoms. The van der Waals surface area contributed by atoms with E-state index in [0.29, 0.717) is 26.8 Å². The van der Waals surface area contributed by atoms with E-state index in [9.17, 15) is 4.79 Å². The average molecular weight is 414 g/mol. The molecular weight excluding hydrogens is 393 g/mol. The number of nitrogens with one attached hydrogen (secondary N) is 1. The van der Waals surface area contributed by atoms with Crippen LogP contribution >= 0.6 is 35.0 Å². The number of thioether (sulfide) groups is 1. The first-order valence-corrected chi connectivity index (χ1v) is 10.2. The monoisotopic (exact) mass is 413 g/mol. The van der Waals surface area contributed by atoms with Crippen LogP contribution in [0.2, 0.25) is 10.0 Å². The molecule has 6 nitrogen and oxygen atoms in total. The molecule has 0 spiro atoms. The van der Waals surface area contributed by atoms with Gasteiger partial charge in [-0.05, 0) is 38.0 Å². The molecule has 1 amide bonds. The molecule has 0 aliphatic heterocycles. The summed E-state index contributed by atoms with van der Waals surface area (Å²) in [6.07, 6.45) is 5.82. The lowest BCUT2D eigenvalue weighted by Gasteiger charge is -2.20. The minimum Gasteiger partial charge on any atom is -0.336 e. The van der Waals surface area contributed by atoms with Gasteiger partial charge in [-0.3, -0.25) is 4.79 Å². The average Bonchev–Trinajstić information content (AvgIpc) is 2.99. The number of nitrogens with zero attached hydrogens (tertiary/aromatic N) is 3. The summed E-state index contributed by atoms with van der Waals surface area (Å²) in [6.45, 7) is 1.79. The number of nitrogen functional groups attached to an aromatic ring is 1. The van der Waals surface area contributed by atoms with Crippen LogP contribution in [0, 0.1) is 0 Å². The Balaban J connectivity index is 1.65. The highest BCUT2D eigenvalue weighted by Gasteiger charge is 2.25. The lowest BCUT2D eigenvalue weighted by molar-refractivity contribution is -0.115. The molecule has 2 aromatic rings. The number of anilines is 1. The summed E-state index contributed by atoms with van der Waals surface area (Å²) >= 11 is 13.3. The molecule has 0 radical (unpaired) electrons. The zero-order chi connectivity index (χ0) is 18.7. The first-order valence-electron chi connectivity index (χ1n) is 8.58. The predicted octanol–water partition coefficient (Wildman–Crippen LogP) is 4.47. The van der Waals surface area contributed by atoms with Crippen molar-refractivity contribution >= 4 is 46.6 Å². The number of halogens is 2. The summed E-state index contributed by atoms with van der Waals surface area (Å²) in [5.41, 5.74) is 0.480. The fourth-order valence-electron chi connectivity index (χ4n) is 3.05. The van der Waals surface area contributed by atoms with Crippen LogP contribution < -0.4 is 11.2 Å². The third-order valence-electron chi connectivity index (χ3n) is 4.50. The lowest BCUT2D eigenvalue weighted by atomic mass is 9.89. The number of benzene rings is 1. The lowest BCUT2D eigenvalue weighted by Crippen LogP contribution is -2.24. The zero-order valence-electron chi connectivity index (χ0n) is 14.4. The van der Waals surface area contributed by atoms with Gasteiger partial charge >= 0.3 is 0 Å². The van der Waals surface area contributed by atoms with E-state index in [0.717, 1.165) is 18.7 Å². The van der Waals surface area contributed by atoms with Crippen molar-refractivity contribution in [2.75, 3.05) is 11.2 Å². The number of amides is 1. The van der Waals surface area contributed by atoms with Crippen molar-refractivity contribution < 1.29 is 4.79 Å². The number of hydrogen-bond donors (Lipinski definition) is 2. The molecular formula is C17H21Cl2N5OS. The molecule has 1 fully saturated rings. The molecule has 140 valence electrons. The van der Waals surface area contributed by atoms with E-state index in [2.05, 4.69) is 15.5 Å². The highest BCUT2D eigenvalue weighted by molar-refractivity contribution is 8.00. The van der Waals surface area contributed by atoms with Gasteiger partial charge in [-0.2, -0.15) is 0 Å². The molecule has 0 bridgehead atoms. The van der Waals surface area contributed by atoms with E-state index in [1.54, 1.807) is 25.1 Å². The van der Waals surface area contributed by atoms with Crippen molar-refractivity contribution in [1.29, 1.82) is 0 Å². The molecule has 26 heavy (non-hydrogen) atoms. The topological polar surface area (TPSA) is 85.8 Å². The van der Waals surface area contributed by atoms with Crippen LogP contribution in [-0.4, -0.2) is 26.0 Å². The van der Waals surface area contributed by atoms with E-state index in [1.165, 1.54) is 35.7 Å². The second-order valence-corrected chi connectivity index (χ2v) is 8.57. The Morgan fingerprint density at radius 1 is 1.31 bits per heavy atom. The molecule has 1 atom stereocenters. The van der Waals surface area contributed by atoms with Gasteiger partial charge in [0.25, 0.3) is 0 Å². The highest BCUT2D eigenvalue weighted by Crippen LogP contribution is 2.33. The Bertz CT molecular complexity index is 791. The van der Waals surface area contributed by atoms with Gasteiger partial charge in [0.1, 0.15) is 0 Å². The molecule has 0 unspecified atom stereocenters. The SMILES string of the molecule is C[C@@H](Sc1nnc(C2CCCCC2)n1N)C(=O)Nc1cc(Cl)ccc1Cl. The molecule has 1 aliphatic rings. The van der Waals surface area contributed by atoms with Gasteiger partial charge in [0, 0.05) is 10.9 Å². The Labute approximate surface area is 166 Å². The molecule has 0 saturated heterocycles. The maximum atomic E-state index is 12.5. The van der Waals surface area contributed by atoms with Crippen LogP contribution in [0.4, 0.5) is 5.69 Å². The van der Waals surface area contributed by atoms with E-state index in [-0.39, 0.29) is 5.91 Å². The van der Waals surface area contributed by atoms with Crippen molar-refractivity contribution in [3.05, 3.63) is 34.1 Å². The maximum absolute atomic E-state index is 12.5. The van der Waals surface area contributed by atoms with Crippen molar-refractivity contribution in [2.45, 2.75) is 55.4 Å². The second kappa shape index (κ2) is 8.50. The Morgan fingerprint density at radius 3 is 2.77 bits per heavy atom. The van der Waals surface area contributed by atoms with Crippen molar-refractivity contribution in [3.63, 3.8) is 0 Å². The Hall–Kier alpha value is -1.44. The van der Waals surface area contributed by atoms with Gasteiger partial charge < -0.3 is 11.2 Å². The Morgan fingerprint density at radius 2 is 2.04 bits per heavy atom. The van der Waals surface area contributed by atoms with Crippen LogP contribution in [0.3, 0.4) is 0 Å². The first-order chi connectivity index (χ1) is 12.5. The summed E-state index contributed by atoms with van der Waals surface area (Å²) in [6, 6.07) is 4.93. The summed E-state index contributed by atoms with van der Waals surface area (Å²) in [5, 5.41) is 12.3. The number of aromatic nitrogens is 3. The van der Waals surface area contributed by atoms with Crippen LogP contribution in [0.1, 0.15) is 50.8 Å². The first kappa shape index (κ1) is 19.3. The number of nitrogens with two attached hydrogens (primary N) is 1. The van der Waals surface area contributed by atoms with E-state index >= 15 is 0 Å². The molecule has 1 saturated carbocycles. The highest BCUT2D eigenvalue weighted by atomic mass is 35.5. The van der Waals surface area contributed by atoms with E-state index in [4.69, 9.17) is 29.0 Å². The third-order valence-corrected chi connectivity index (χ3v) is 6.12. The number of rotatable bonds is 5. The van der Waals surface area contributed by atoms with Gasteiger partial charge in [0.05, 0.1) is 16.0 Å². The van der Waals surface area contributed by atoms with Crippen molar-refractivity contribution in [2.24, 2.45) is 0 Å². The summed E-state index contributed by atoms with van der Waals surface area (Å²) < 4.78 is 1.52. The zero-order valence-corrected chi connectivity index (χ0v) is 16.7. The van der Waals surface area contributed by atoms with E-state index in [1.807, 2.05) is 0 Å². The van der Waals surface area contributed by atoms with Gasteiger partial charge in [0.2, 0.25) is 11.1 Å². The van der Waals surface area contributed by atoms with Crippen LogP contribution in [0.5, 0.6) is 0 Å². The number of carbonyl (C=O) groups excluding carboxylic acids is 1. The fraction of sp³-hybridized carbons (Fsp3) is 0.471. The normalized spacial score (nSPS) is 16.4. The molecule has 3 N–H and O–H groups in total. The standard InChI is InChI=1S/C17H21Cl2N5OS/c1-10(16(25)21-14-9-12(18)7-8-13(14)19)26-17-23-22-15(24(17)20)11-5-3-2-4-6-11/h7-11H,2-6,20H2,1H3,(H,21,25)/t10-/m1/s1. The third kappa shape index (κ3) is 4.45. The summed E-state index contributed by atoms with van der Waals surface area (Å²) in [5.74, 6) is 7.13. The van der Waals surface area contributed by atoms with Gasteiger partial charge in [-0.25, -0.2) is 4.68 Å². The minimum absolute atomic E-state index is 0.207. The molecule has 1 aromatic carbocycles. The second-order valence-electron chi connectivity index (χ2n) is 6.42. The number of hydrogen-bond acceptors (Lipinski definition) is 5. The van der Waals surface area contributed by atoms with E-state index < -0.39 is 5.25 Å². The van der Waals surface area contributed by atoms with Crippen LogP contribution in [0.15, 0.2) is 23.4 Å². The van der Waals surface area contributed by atoms with Gasteiger partial charge in [-0.15, -0.1) is 10.2 Å². The molecule has 1 heterocycles. The number of carbonyl (C=O) groups is 1. The molecule has 1 aromatic heterocycles. The van der Waals surface area contributed by atoms with Crippen molar-refractivity contribution in [1.82, 2.24) is 14.9 Å². The molecule has 3 rings (SSSR count). The minimum atomic E-state index is -0.421. The predicted molar refractivity (Wildman–Crippen MR) is 106 cm³/mol. The Kier molecular flexibility index (Phi) is 6.32.